The Kier molecular flexibility index (Phi) is 6.61. The van der Waals surface area contributed by atoms with Crippen LogP contribution in [0.25, 0.3) is 6.08 Å². The third-order valence-corrected chi connectivity index (χ3v) is 4.34. The molecule has 0 saturated carbocycles. The van der Waals surface area contributed by atoms with Crippen molar-refractivity contribution in [3.05, 3.63) is 28.9 Å². The Labute approximate surface area is 146 Å². The molecule has 1 aromatic heterocycles. The molecule has 0 bridgehead atoms. The van der Waals surface area contributed by atoms with Gasteiger partial charge in [-0.2, -0.15) is 0 Å². The quantitative estimate of drug-likeness (QED) is 0.770. The van der Waals surface area contributed by atoms with Gasteiger partial charge in [-0.15, -0.1) is 0 Å². The van der Waals surface area contributed by atoms with Crippen LogP contribution in [-0.4, -0.2) is 46.5 Å². The largest absolute Gasteiger partial charge is 0.478 e. The van der Waals surface area contributed by atoms with Crippen LogP contribution in [0.5, 0.6) is 0 Å². The van der Waals surface area contributed by atoms with Crippen molar-refractivity contribution in [2.45, 2.75) is 26.2 Å². The zero-order valence-corrected chi connectivity index (χ0v) is 14.4. The maximum atomic E-state index is 12.2. The fraction of sp³-hybridized carbons (Fsp3) is 0.471. The van der Waals surface area contributed by atoms with Crippen molar-refractivity contribution in [1.82, 2.24) is 9.88 Å². The van der Waals surface area contributed by atoms with Gasteiger partial charge in [0.25, 0.3) is 0 Å². The molecule has 1 saturated heterocycles. The first kappa shape index (κ1) is 18.3. The van der Waals surface area contributed by atoms with Crippen LogP contribution in [-0.2, 0) is 9.59 Å². The van der Waals surface area contributed by atoms with E-state index < -0.39 is 5.97 Å². The van der Waals surface area contributed by atoms with E-state index in [1.54, 1.807) is 6.07 Å². The van der Waals surface area contributed by atoms with E-state index in [4.69, 9.17) is 16.7 Å². The average Bonchev–Trinajstić information content (AvgIpc) is 2.55. The second-order valence-electron chi connectivity index (χ2n) is 6.01. The summed E-state index contributed by atoms with van der Waals surface area (Å²) in [5, 5.41) is 12.0. The van der Waals surface area contributed by atoms with E-state index >= 15 is 0 Å². The summed E-state index contributed by atoms with van der Waals surface area (Å²) in [6, 6.07) is 1.63. The van der Waals surface area contributed by atoms with Crippen LogP contribution in [0.4, 0.5) is 5.82 Å². The molecule has 1 aliphatic heterocycles. The molecule has 0 radical (unpaired) electrons. The lowest BCUT2D eigenvalue weighted by molar-refractivity contribution is -0.132. The van der Waals surface area contributed by atoms with Crippen molar-refractivity contribution in [2.75, 3.05) is 25.0 Å². The van der Waals surface area contributed by atoms with E-state index in [1.807, 2.05) is 4.90 Å². The highest BCUT2D eigenvalue weighted by atomic mass is 35.5. The minimum Gasteiger partial charge on any atom is -0.478 e. The monoisotopic (exact) mass is 351 g/mol. The van der Waals surface area contributed by atoms with Crippen LogP contribution in [0.2, 0.25) is 5.02 Å². The van der Waals surface area contributed by atoms with Gasteiger partial charge >= 0.3 is 5.97 Å². The summed E-state index contributed by atoms with van der Waals surface area (Å²) in [5.74, 6) is 0.304. The van der Waals surface area contributed by atoms with Crippen molar-refractivity contribution in [3.8, 4) is 0 Å². The summed E-state index contributed by atoms with van der Waals surface area (Å²) in [4.78, 5) is 28.7. The molecule has 0 unspecified atom stereocenters. The highest BCUT2D eigenvalue weighted by Crippen LogP contribution is 2.21. The summed E-state index contributed by atoms with van der Waals surface area (Å²) in [6.45, 7) is 4.35. The summed E-state index contributed by atoms with van der Waals surface area (Å²) >= 11 is 6.12. The Hall–Kier alpha value is -2.08. The molecule has 1 amide bonds. The van der Waals surface area contributed by atoms with Gasteiger partial charge in [0, 0.05) is 38.3 Å². The Morgan fingerprint density at radius 3 is 2.79 bits per heavy atom. The Balaban J connectivity index is 1.81. The van der Waals surface area contributed by atoms with Crippen molar-refractivity contribution >= 4 is 35.4 Å². The fourth-order valence-electron chi connectivity index (χ4n) is 2.55. The topological polar surface area (TPSA) is 82.5 Å². The second kappa shape index (κ2) is 8.68. The van der Waals surface area contributed by atoms with E-state index in [-0.39, 0.29) is 5.91 Å². The standard InChI is InChI=1S/C17H22ClN3O3/c1-12-5-8-21(9-6-12)15(22)4-7-19-17-14(18)10-13(11-20-17)2-3-16(23)24/h2-3,10-12H,4-9H2,1H3,(H,19,20)(H,23,24)/b3-2+. The number of anilines is 1. The number of halogens is 1. The number of hydrogen-bond acceptors (Lipinski definition) is 4. The number of nitrogens with one attached hydrogen (secondary N) is 1. The van der Waals surface area contributed by atoms with Crippen LogP contribution >= 0.6 is 11.6 Å². The number of hydrogen-bond donors (Lipinski definition) is 2. The molecule has 7 heteroatoms. The normalized spacial score (nSPS) is 15.7. The van der Waals surface area contributed by atoms with E-state index in [0.717, 1.165) is 32.0 Å². The minimum atomic E-state index is -1.03. The van der Waals surface area contributed by atoms with E-state index in [1.165, 1.54) is 12.3 Å². The van der Waals surface area contributed by atoms with Gasteiger partial charge < -0.3 is 15.3 Å². The molecule has 0 aliphatic carbocycles. The molecule has 130 valence electrons. The molecule has 1 aliphatic rings. The number of likely N-dealkylation sites (tertiary alicyclic amines) is 1. The number of carboxylic acids is 1. The molecular formula is C17H22ClN3O3. The second-order valence-corrected chi connectivity index (χ2v) is 6.42. The van der Waals surface area contributed by atoms with Gasteiger partial charge in [0.05, 0.1) is 5.02 Å². The van der Waals surface area contributed by atoms with Crippen molar-refractivity contribution in [2.24, 2.45) is 5.92 Å². The molecule has 0 spiro atoms. The van der Waals surface area contributed by atoms with E-state index in [9.17, 15) is 9.59 Å². The molecule has 24 heavy (non-hydrogen) atoms. The lowest BCUT2D eigenvalue weighted by Crippen LogP contribution is -2.38. The SMILES string of the molecule is CC1CCN(C(=O)CCNc2ncc(/C=C/C(=O)O)cc2Cl)CC1. The first-order chi connectivity index (χ1) is 11.5. The number of amides is 1. The Morgan fingerprint density at radius 1 is 1.46 bits per heavy atom. The number of aromatic nitrogens is 1. The zero-order chi connectivity index (χ0) is 17.5. The molecule has 0 atom stereocenters. The van der Waals surface area contributed by atoms with Crippen molar-refractivity contribution in [3.63, 3.8) is 0 Å². The van der Waals surface area contributed by atoms with Crippen LogP contribution in [0, 0.1) is 5.92 Å². The van der Waals surface area contributed by atoms with Gasteiger partial charge in [-0.25, -0.2) is 9.78 Å². The zero-order valence-electron chi connectivity index (χ0n) is 13.7. The first-order valence-corrected chi connectivity index (χ1v) is 8.41. The Bertz CT molecular complexity index is 626. The van der Waals surface area contributed by atoms with Crippen LogP contribution in [0.15, 0.2) is 18.3 Å². The predicted octanol–water partition coefficient (Wildman–Crippen LogP) is 2.89. The molecule has 2 heterocycles. The van der Waals surface area contributed by atoms with Gasteiger partial charge in [0.1, 0.15) is 5.82 Å². The smallest absolute Gasteiger partial charge is 0.328 e. The molecule has 2 rings (SSSR count). The summed E-state index contributed by atoms with van der Waals surface area (Å²) in [7, 11) is 0. The molecular weight excluding hydrogens is 330 g/mol. The first-order valence-electron chi connectivity index (χ1n) is 8.04. The van der Waals surface area contributed by atoms with Crippen molar-refractivity contribution < 1.29 is 14.7 Å². The highest BCUT2D eigenvalue weighted by molar-refractivity contribution is 6.33. The summed E-state index contributed by atoms with van der Waals surface area (Å²) in [6.07, 6.45) is 6.51. The number of carboxylic acid groups (broad SMARTS) is 1. The minimum absolute atomic E-state index is 0.145. The van der Waals surface area contributed by atoms with E-state index in [2.05, 4.69) is 17.2 Å². The number of aliphatic carboxylic acids is 1. The maximum Gasteiger partial charge on any atom is 0.328 e. The number of carbonyl (C=O) groups excluding carboxylic acids is 1. The van der Waals surface area contributed by atoms with Crippen molar-refractivity contribution in [1.29, 1.82) is 0 Å². The average molecular weight is 352 g/mol. The van der Waals surface area contributed by atoms with Gasteiger partial charge in [-0.1, -0.05) is 18.5 Å². The molecule has 2 N–H and O–H groups in total. The lowest BCUT2D eigenvalue weighted by atomic mass is 9.99. The predicted molar refractivity (Wildman–Crippen MR) is 94.0 cm³/mol. The summed E-state index contributed by atoms with van der Waals surface area (Å²) < 4.78 is 0. The summed E-state index contributed by atoms with van der Waals surface area (Å²) in [5.41, 5.74) is 0.603. The van der Waals surface area contributed by atoms with Crippen LogP contribution in [0.1, 0.15) is 31.7 Å². The third-order valence-electron chi connectivity index (χ3n) is 4.05. The van der Waals surface area contributed by atoms with Gasteiger partial charge in [-0.05, 0) is 36.5 Å². The number of pyridine rings is 1. The molecule has 6 nitrogen and oxygen atoms in total. The molecule has 1 fully saturated rings. The maximum absolute atomic E-state index is 12.2. The fourth-order valence-corrected chi connectivity index (χ4v) is 2.79. The highest BCUT2D eigenvalue weighted by Gasteiger charge is 2.19. The molecule has 0 aromatic carbocycles. The van der Waals surface area contributed by atoms with Crippen LogP contribution < -0.4 is 5.32 Å². The lowest BCUT2D eigenvalue weighted by Gasteiger charge is -2.30. The third kappa shape index (κ3) is 5.53. The van der Waals surface area contributed by atoms with Crippen LogP contribution in [0.3, 0.4) is 0 Å². The van der Waals surface area contributed by atoms with Gasteiger partial charge in [-0.3, -0.25) is 4.79 Å². The van der Waals surface area contributed by atoms with E-state index in [0.29, 0.717) is 35.3 Å². The number of piperidine rings is 1. The van der Waals surface area contributed by atoms with Gasteiger partial charge in [0.15, 0.2) is 0 Å². The molecule has 1 aromatic rings. The Morgan fingerprint density at radius 2 is 2.17 bits per heavy atom. The number of nitrogens with zero attached hydrogens (tertiary/aromatic N) is 2. The van der Waals surface area contributed by atoms with Gasteiger partial charge in [0.2, 0.25) is 5.91 Å². The number of carbonyl (C=O) groups is 2. The number of rotatable bonds is 6.